The van der Waals surface area contributed by atoms with Gasteiger partial charge in [-0.15, -0.1) is 0 Å². The molecule has 0 spiro atoms. The van der Waals surface area contributed by atoms with Crippen LogP contribution in [-0.2, 0) is 38.6 Å². The molecule has 0 unspecified atom stereocenters. The Hall–Kier alpha value is -2.24. The Labute approximate surface area is 105 Å². The molecule has 11 heteroatoms. The zero-order valence-corrected chi connectivity index (χ0v) is 9.52. The Morgan fingerprint density at radius 3 is 1.58 bits per heavy atom. The van der Waals surface area contributed by atoms with Gasteiger partial charge in [-0.2, -0.15) is 15.8 Å². The van der Waals surface area contributed by atoms with E-state index in [9.17, 15) is 19.2 Å². The third kappa shape index (κ3) is 4.87. The van der Waals surface area contributed by atoms with Gasteiger partial charge < -0.3 is 14.5 Å². The Balaban J connectivity index is 5.42. The molecule has 0 aliphatic rings. The smallest absolute Gasteiger partial charge is 0.386 e. The minimum absolute atomic E-state index is 0.827. The molecule has 0 heterocycles. The molecule has 0 aromatic heterocycles. The lowest BCUT2D eigenvalue weighted by molar-refractivity contribution is -0.265. The molecule has 0 bridgehead atoms. The summed E-state index contributed by atoms with van der Waals surface area (Å²) in [5.41, 5.74) is -2.65. The van der Waals surface area contributed by atoms with E-state index in [1.807, 2.05) is 0 Å². The van der Waals surface area contributed by atoms with Crippen LogP contribution in [0.5, 0.6) is 0 Å². The van der Waals surface area contributed by atoms with Gasteiger partial charge in [-0.3, -0.25) is 9.68 Å². The van der Waals surface area contributed by atoms with Crippen LogP contribution in [-0.4, -0.2) is 45.2 Å². The largest absolute Gasteiger partial charge is 0.446 e. The standard InChI is InChI=1S/C8H10O11/c1-4(9)16-8(7(12)19-15,2-5(10)17-13)3-6(11)18-14/h13-15H,2-3H2,1H3. The maximum atomic E-state index is 11.3. The number of carbonyl (C=O) groups excluding carboxylic acids is 4. The number of carbonyl (C=O) groups is 4. The molecule has 0 atom stereocenters. The zero-order valence-electron chi connectivity index (χ0n) is 9.52. The van der Waals surface area contributed by atoms with Crippen molar-refractivity contribution in [2.24, 2.45) is 0 Å². The highest BCUT2D eigenvalue weighted by Gasteiger charge is 2.49. The van der Waals surface area contributed by atoms with Gasteiger partial charge in [-0.05, 0) is 0 Å². The second-order valence-corrected chi connectivity index (χ2v) is 3.25. The van der Waals surface area contributed by atoms with E-state index in [4.69, 9.17) is 15.8 Å². The maximum absolute atomic E-state index is 11.3. The fourth-order valence-corrected chi connectivity index (χ4v) is 1.21. The van der Waals surface area contributed by atoms with Crippen molar-refractivity contribution in [3.63, 3.8) is 0 Å². The number of hydrogen-bond donors (Lipinski definition) is 3. The average Bonchev–Trinajstić information content (AvgIpc) is 2.36. The first kappa shape index (κ1) is 16.8. The van der Waals surface area contributed by atoms with Crippen molar-refractivity contribution in [1.29, 1.82) is 0 Å². The molecule has 0 radical (unpaired) electrons. The fraction of sp³-hybridized carbons (Fsp3) is 0.500. The highest BCUT2D eigenvalue weighted by molar-refractivity contribution is 5.91. The molecular formula is C8H10O11. The van der Waals surface area contributed by atoms with Crippen LogP contribution in [0.3, 0.4) is 0 Å². The predicted molar refractivity (Wildman–Crippen MR) is 49.9 cm³/mol. The topological polar surface area (TPSA) is 166 Å². The van der Waals surface area contributed by atoms with E-state index < -0.39 is 42.3 Å². The summed E-state index contributed by atoms with van der Waals surface area (Å²) in [7, 11) is 0. The lowest BCUT2D eigenvalue weighted by atomic mass is 9.95. The van der Waals surface area contributed by atoms with E-state index in [-0.39, 0.29) is 0 Å². The minimum Gasteiger partial charge on any atom is -0.446 e. The number of esters is 1. The highest BCUT2D eigenvalue weighted by atomic mass is 17.1. The third-order valence-electron chi connectivity index (χ3n) is 1.86. The van der Waals surface area contributed by atoms with Gasteiger partial charge >= 0.3 is 23.9 Å². The van der Waals surface area contributed by atoms with Crippen molar-refractivity contribution >= 4 is 23.9 Å². The Kier molecular flexibility index (Phi) is 6.40. The molecular weight excluding hydrogens is 272 g/mol. The molecule has 108 valence electrons. The molecule has 0 aromatic rings. The Bertz CT molecular complexity index is 355. The van der Waals surface area contributed by atoms with E-state index >= 15 is 0 Å². The first-order valence-electron chi connectivity index (χ1n) is 4.55. The van der Waals surface area contributed by atoms with Gasteiger partial charge in [0.2, 0.25) is 5.60 Å². The summed E-state index contributed by atoms with van der Waals surface area (Å²) >= 11 is 0. The van der Waals surface area contributed by atoms with Gasteiger partial charge in [0.05, 0.1) is 0 Å². The van der Waals surface area contributed by atoms with E-state index in [1.165, 1.54) is 0 Å². The van der Waals surface area contributed by atoms with Gasteiger partial charge in [-0.1, -0.05) is 0 Å². The van der Waals surface area contributed by atoms with Crippen molar-refractivity contribution in [2.75, 3.05) is 0 Å². The van der Waals surface area contributed by atoms with E-state index in [0.717, 1.165) is 6.92 Å². The number of hydrogen-bond acceptors (Lipinski definition) is 11. The van der Waals surface area contributed by atoms with Gasteiger partial charge in [0.1, 0.15) is 12.8 Å². The molecule has 0 fully saturated rings. The van der Waals surface area contributed by atoms with Gasteiger partial charge in [-0.25, -0.2) is 14.4 Å². The summed E-state index contributed by atoms with van der Waals surface area (Å²) in [5.74, 6) is -5.78. The SMILES string of the molecule is CC(=O)OC(CC(=O)OO)(CC(=O)OO)C(=O)OO. The highest BCUT2D eigenvalue weighted by Crippen LogP contribution is 2.24. The molecule has 0 saturated heterocycles. The molecule has 0 saturated carbocycles. The van der Waals surface area contributed by atoms with Crippen LogP contribution in [0.25, 0.3) is 0 Å². The summed E-state index contributed by atoms with van der Waals surface area (Å²) in [4.78, 5) is 53.9. The Morgan fingerprint density at radius 2 is 1.32 bits per heavy atom. The van der Waals surface area contributed by atoms with Crippen LogP contribution in [0, 0.1) is 0 Å². The van der Waals surface area contributed by atoms with Crippen molar-refractivity contribution in [3.05, 3.63) is 0 Å². The van der Waals surface area contributed by atoms with Crippen molar-refractivity contribution < 1.29 is 54.3 Å². The average molecular weight is 282 g/mol. The van der Waals surface area contributed by atoms with Crippen molar-refractivity contribution in [2.45, 2.75) is 25.4 Å². The molecule has 0 rings (SSSR count). The summed E-state index contributed by atoms with van der Waals surface area (Å²) in [6.07, 6.45) is -2.34. The van der Waals surface area contributed by atoms with E-state index in [0.29, 0.717) is 0 Å². The third-order valence-corrected chi connectivity index (χ3v) is 1.86. The van der Waals surface area contributed by atoms with Gasteiger partial charge in [0, 0.05) is 6.92 Å². The number of rotatable bonds is 6. The molecule has 11 nitrogen and oxygen atoms in total. The predicted octanol–water partition coefficient (Wildman–Crippen LogP) is -0.883. The fourth-order valence-electron chi connectivity index (χ4n) is 1.21. The van der Waals surface area contributed by atoms with Crippen LogP contribution in [0.2, 0.25) is 0 Å². The monoisotopic (exact) mass is 282 g/mol. The van der Waals surface area contributed by atoms with Crippen LogP contribution in [0.1, 0.15) is 19.8 Å². The molecule has 3 N–H and O–H groups in total. The van der Waals surface area contributed by atoms with Gasteiger partial charge in [0.25, 0.3) is 0 Å². The van der Waals surface area contributed by atoms with E-state index in [2.05, 4.69) is 19.4 Å². The molecule has 19 heavy (non-hydrogen) atoms. The van der Waals surface area contributed by atoms with Crippen molar-refractivity contribution in [3.8, 4) is 0 Å². The first-order chi connectivity index (χ1) is 8.81. The minimum atomic E-state index is -2.65. The summed E-state index contributed by atoms with van der Waals surface area (Å²) in [5, 5.41) is 24.5. The summed E-state index contributed by atoms with van der Waals surface area (Å²) in [6, 6.07) is 0. The number of ether oxygens (including phenoxy) is 1. The lowest BCUT2D eigenvalue weighted by Crippen LogP contribution is -2.48. The van der Waals surface area contributed by atoms with Crippen molar-refractivity contribution in [1.82, 2.24) is 0 Å². The van der Waals surface area contributed by atoms with Gasteiger partial charge in [0.15, 0.2) is 0 Å². The van der Waals surface area contributed by atoms with Crippen LogP contribution in [0.4, 0.5) is 0 Å². The van der Waals surface area contributed by atoms with E-state index in [1.54, 1.807) is 0 Å². The summed E-state index contributed by atoms with van der Waals surface area (Å²) in [6.45, 7) is 0.827. The van der Waals surface area contributed by atoms with Crippen LogP contribution >= 0.6 is 0 Å². The zero-order chi connectivity index (χ0) is 15.1. The van der Waals surface area contributed by atoms with Crippen LogP contribution in [0.15, 0.2) is 0 Å². The second kappa shape index (κ2) is 7.25. The first-order valence-corrected chi connectivity index (χ1v) is 4.55. The molecule has 0 amide bonds. The molecule has 0 aliphatic carbocycles. The normalized spacial score (nSPS) is 10.3. The summed E-state index contributed by atoms with van der Waals surface area (Å²) < 4.78 is 4.44. The second-order valence-electron chi connectivity index (χ2n) is 3.25. The lowest BCUT2D eigenvalue weighted by Gasteiger charge is -2.26. The molecule has 0 aliphatic heterocycles. The Morgan fingerprint density at radius 1 is 0.895 bits per heavy atom. The quantitative estimate of drug-likeness (QED) is 0.239. The molecule has 0 aromatic carbocycles. The maximum Gasteiger partial charge on any atom is 0.386 e. The van der Waals surface area contributed by atoms with Crippen LogP contribution < -0.4 is 0 Å².